The lowest BCUT2D eigenvalue weighted by molar-refractivity contribution is -0.140. The van der Waals surface area contributed by atoms with Gasteiger partial charge < -0.3 is 15.0 Å². The molecule has 27 heavy (non-hydrogen) atoms. The third-order valence-corrected chi connectivity index (χ3v) is 4.27. The summed E-state index contributed by atoms with van der Waals surface area (Å²) in [5, 5.41) is 2.75. The van der Waals surface area contributed by atoms with Crippen molar-refractivity contribution in [2.75, 3.05) is 13.7 Å². The maximum atomic E-state index is 13.1. The van der Waals surface area contributed by atoms with E-state index in [1.165, 1.54) is 17.0 Å². The standard InChI is InChI=1S/C21H25FN2O3/c1-4-23-21(26)15(2)24(14-17-6-5-7-19(12-17)27-3)20(25)13-16-8-10-18(22)11-9-16/h5-12,15H,4,13-14H2,1-3H3,(H,23,26). The largest absolute Gasteiger partial charge is 0.497 e. The molecule has 0 aromatic heterocycles. The molecule has 1 unspecified atom stereocenters. The number of amides is 2. The van der Waals surface area contributed by atoms with Crippen molar-refractivity contribution in [3.8, 4) is 5.75 Å². The minimum Gasteiger partial charge on any atom is -0.497 e. The lowest BCUT2D eigenvalue weighted by atomic mass is 10.1. The number of likely N-dealkylation sites (N-methyl/N-ethyl adjacent to an activating group) is 1. The zero-order valence-electron chi connectivity index (χ0n) is 15.9. The molecule has 0 saturated heterocycles. The first kappa shape index (κ1) is 20.4. The Kier molecular flexibility index (Phi) is 7.34. The van der Waals surface area contributed by atoms with Crippen LogP contribution in [0.5, 0.6) is 5.75 Å². The number of nitrogens with one attached hydrogen (secondary N) is 1. The minimum atomic E-state index is -0.635. The fourth-order valence-corrected chi connectivity index (χ4v) is 2.75. The number of carbonyl (C=O) groups excluding carboxylic acids is 2. The van der Waals surface area contributed by atoms with E-state index >= 15 is 0 Å². The number of hydrogen-bond acceptors (Lipinski definition) is 3. The van der Waals surface area contributed by atoms with Gasteiger partial charge in [0.2, 0.25) is 11.8 Å². The smallest absolute Gasteiger partial charge is 0.242 e. The van der Waals surface area contributed by atoms with Gasteiger partial charge in [0, 0.05) is 13.1 Å². The number of benzene rings is 2. The average molecular weight is 372 g/mol. The van der Waals surface area contributed by atoms with Crippen LogP contribution in [0.2, 0.25) is 0 Å². The summed E-state index contributed by atoms with van der Waals surface area (Å²) in [6.45, 7) is 4.29. The second kappa shape index (κ2) is 9.71. The molecule has 2 amide bonds. The number of carbonyl (C=O) groups is 2. The van der Waals surface area contributed by atoms with Gasteiger partial charge in [0.05, 0.1) is 13.5 Å². The summed E-state index contributed by atoms with van der Waals surface area (Å²) >= 11 is 0. The van der Waals surface area contributed by atoms with E-state index in [-0.39, 0.29) is 30.6 Å². The summed E-state index contributed by atoms with van der Waals surface area (Å²) in [6, 6.07) is 12.5. The van der Waals surface area contributed by atoms with Gasteiger partial charge in [-0.3, -0.25) is 9.59 Å². The van der Waals surface area contributed by atoms with Gasteiger partial charge in [0.25, 0.3) is 0 Å². The van der Waals surface area contributed by atoms with E-state index in [4.69, 9.17) is 4.74 Å². The normalized spacial score (nSPS) is 11.6. The summed E-state index contributed by atoms with van der Waals surface area (Å²) in [5.74, 6) is -0.0877. The predicted octanol–water partition coefficient (Wildman–Crippen LogP) is 2.93. The second-order valence-corrected chi connectivity index (χ2v) is 6.25. The number of hydrogen-bond donors (Lipinski definition) is 1. The summed E-state index contributed by atoms with van der Waals surface area (Å²) in [7, 11) is 1.58. The van der Waals surface area contributed by atoms with Crippen molar-refractivity contribution in [3.63, 3.8) is 0 Å². The maximum absolute atomic E-state index is 13.1. The molecule has 0 aliphatic rings. The van der Waals surface area contributed by atoms with Crippen molar-refractivity contribution in [3.05, 3.63) is 65.5 Å². The molecule has 0 saturated carbocycles. The Morgan fingerprint density at radius 2 is 1.85 bits per heavy atom. The van der Waals surface area contributed by atoms with Crippen molar-refractivity contribution in [2.45, 2.75) is 32.9 Å². The third kappa shape index (κ3) is 5.81. The minimum absolute atomic E-state index is 0.0913. The average Bonchev–Trinajstić information content (AvgIpc) is 2.67. The van der Waals surface area contributed by atoms with Crippen LogP contribution in [0.25, 0.3) is 0 Å². The van der Waals surface area contributed by atoms with Gasteiger partial charge in [0.1, 0.15) is 17.6 Å². The quantitative estimate of drug-likeness (QED) is 0.775. The third-order valence-electron chi connectivity index (χ3n) is 4.27. The summed E-state index contributed by atoms with van der Waals surface area (Å²) < 4.78 is 18.3. The van der Waals surface area contributed by atoms with Crippen molar-refractivity contribution in [1.29, 1.82) is 0 Å². The molecule has 0 spiro atoms. The lowest BCUT2D eigenvalue weighted by Gasteiger charge is -2.29. The van der Waals surface area contributed by atoms with Gasteiger partial charge in [-0.1, -0.05) is 24.3 Å². The highest BCUT2D eigenvalue weighted by atomic mass is 19.1. The Hall–Kier alpha value is -2.89. The molecule has 0 aliphatic carbocycles. The predicted molar refractivity (Wildman–Crippen MR) is 102 cm³/mol. The molecule has 6 heteroatoms. The molecule has 1 atom stereocenters. The van der Waals surface area contributed by atoms with Gasteiger partial charge in [-0.25, -0.2) is 4.39 Å². The van der Waals surface area contributed by atoms with E-state index in [9.17, 15) is 14.0 Å². The van der Waals surface area contributed by atoms with Crippen LogP contribution in [0.15, 0.2) is 48.5 Å². The van der Waals surface area contributed by atoms with Crippen LogP contribution in [0.1, 0.15) is 25.0 Å². The summed E-state index contributed by atoms with van der Waals surface area (Å²) in [6.07, 6.45) is 0.0913. The number of halogens is 1. The molecular formula is C21H25FN2O3. The number of ether oxygens (including phenoxy) is 1. The zero-order valence-corrected chi connectivity index (χ0v) is 15.9. The van der Waals surface area contributed by atoms with Gasteiger partial charge in [0.15, 0.2) is 0 Å². The molecule has 1 N–H and O–H groups in total. The topological polar surface area (TPSA) is 58.6 Å². The van der Waals surface area contributed by atoms with Crippen molar-refractivity contribution in [2.24, 2.45) is 0 Å². The summed E-state index contributed by atoms with van der Waals surface area (Å²) in [4.78, 5) is 26.8. The van der Waals surface area contributed by atoms with Crippen LogP contribution in [-0.2, 0) is 22.6 Å². The van der Waals surface area contributed by atoms with Gasteiger partial charge in [-0.05, 0) is 49.2 Å². The maximum Gasteiger partial charge on any atom is 0.242 e. The zero-order chi connectivity index (χ0) is 19.8. The Morgan fingerprint density at radius 3 is 2.48 bits per heavy atom. The highest BCUT2D eigenvalue weighted by Crippen LogP contribution is 2.17. The molecule has 0 bridgehead atoms. The van der Waals surface area contributed by atoms with Crippen LogP contribution in [0.4, 0.5) is 4.39 Å². The lowest BCUT2D eigenvalue weighted by Crippen LogP contribution is -2.48. The Labute approximate surface area is 159 Å². The van der Waals surface area contributed by atoms with Crippen LogP contribution < -0.4 is 10.1 Å². The highest BCUT2D eigenvalue weighted by molar-refractivity contribution is 5.88. The Balaban J connectivity index is 2.23. The van der Waals surface area contributed by atoms with Crippen LogP contribution >= 0.6 is 0 Å². The van der Waals surface area contributed by atoms with Crippen LogP contribution in [-0.4, -0.2) is 36.4 Å². The van der Waals surface area contributed by atoms with Gasteiger partial charge in [-0.15, -0.1) is 0 Å². The van der Waals surface area contributed by atoms with E-state index in [1.807, 2.05) is 31.2 Å². The number of methoxy groups -OCH3 is 1. The van der Waals surface area contributed by atoms with Crippen molar-refractivity contribution >= 4 is 11.8 Å². The van der Waals surface area contributed by atoms with Gasteiger partial charge >= 0.3 is 0 Å². The molecule has 0 radical (unpaired) electrons. The first-order valence-electron chi connectivity index (χ1n) is 8.89. The molecule has 0 heterocycles. The Morgan fingerprint density at radius 1 is 1.15 bits per heavy atom. The molecule has 2 aromatic carbocycles. The second-order valence-electron chi connectivity index (χ2n) is 6.25. The Bertz CT molecular complexity index is 777. The van der Waals surface area contributed by atoms with E-state index in [1.54, 1.807) is 26.2 Å². The molecular weight excluding hydrogens is 347 g/mol. The summed E-state index contributed by atoms with van der Waals surface area (Å²) in [5.41, 5.74) is 1.55. The molecule has 0 fully saturated rings. The van der Waals surface area contributed by atoms with E-state index in [0.29, 0.717) is 17.9 Å². The van der Waals surface area contributed by atoms with E-state index in [2.05, 4.69) is 5.32 Å². The SMILES string of the molecule is CCNC(=O)C(C)N(Cc1cccc(OC)c1)C(=O)Cc1ccc(F)cc1. The van der Waals surface area contributed by atoms with Gasteiger partial charge in [-0.2, -0.15) is 0 Å². The number of nitrogens with zero attached hydrogens (tertiary/aromatic N) is 1. The molecule has 0 aliphatic heterocycles. The fraction of sp³-hybridized carbons (Fsp3) is 0.333. The first-order valence-corrected chi connectivity index (χ1v) is 8.89. The molecule has 5 nitrogen and oxygen atoms in total. The number of rotatable bonds is 8. The van der Waals surface area contributed by atoms with Crippen molar-refractivity contribution in [1.82, 2.24) is 10.2 Å². The van der Waals surface area contributed by atoms with Crippen molar-refractivity contribution < 1.29 is 18.7 Å². The highest BCUT2D eigenvalue weighted by Gasteiger charge is 2.26. The van der Waals surface area contributed by atoms with Crippen LogP contribution in [0, 0.1) is 5.82 Å². The first-order chi connectivity index (χ1) is 12.9. The molecule has 2 rings (SSSR count). The van der Waals surface area contributed by atoms with E-state index in [0.717, 1.165) is 5.56 Å². The monoisotopic (exact) mass is 372 g/mol. The molecule has 2 aromatic rings. The van der Waals surface area contributed by atoms with Crippen LogP contribution in [0.3, 0.4) is 0 Å². The molecule has 144 valence electrons. The fourth-order valence-electron chi connectivity index (χ4n) is 2.75. The van der Waals surface area contributed by atoms with E-state index < -0.39 is 6.04 Å².